The van der Waals surface area contributed by atoms with E-state index in [-0.39, 0.29) is 17.4 Å². The fraction of sp³-hybridized carbons (Fsp3) is 0.571. The van der Waals surface area contributed by atoms with Crippen molar-refractivity contribution < 1.29 is 14.1 Å². The highest BCUT2D eigenvalue weighted by atomic mass is 16.5. The number of aryl methyl sites for hydroxylation is 3. The average molecular weight is 382 g/mol. The lowest BCUT2D eigenvalue weighted by atomic mass is 9.72. The van der Waals surface area contributed by atoms with Crippen molar-refractivity contribution in [2.24, 2.45) is 5.41 Å². The fourth-order valence-electron chi connectivity index (χ4n) is 5.05. The molecule has 2 saturated heterocycles. The Morgan fingerprint density at radius 2 is 2.07 bits per heavy atom. The number of anilines is 1. The van der Waals surface area contributed by atoms with E-state index in [2.05, 4.69) is 27.6 Å². The van der Waals surface area contributed by atoms with Gasteiger partial charge in [-0.05, 0) is 62.3 Å². The molecule has 3 heterocycles. The number of ether oxygens (including phenoxy) is 1. The van der Waals surface area contributed by atoms with Gasteiger partial charge in [-0.2, -0.15) is 4.98 Å². The Bertz CT molecular complexity index is 888. The molecule has 1 aromatic heterocycles. The number of amides is 2. The van der Waals surface area contributed by atoms with E-state index in [1.807, 2.05) is 17.9 Å². The van der Waals surface area contributed by atoms with Gasteiger partial charge in [0.25, 0.3) is 0 Å². The molecule has 0 unspecified atom stereocenters. The number of fused-ring (bicyclic) bond motifs is 1. The smallest absolute Gasteiger partial charge is 0.321 e. The third-order valence-corrected chi connectivity index (χ3v) is 6.61. The summed E-state index contributed by atoms with van der Waals surface area (Å²) in [6.07, 6.45) is 5.26. The normalized spacial score (nSPS) is 23.2. The Labute approximate surface area is 164 Å². The van der Waals surface area contributed by atoms with Crippen LogP contribution in [0.5, 0.6) is 0 Å². The number of benzene rings is 1. The summed E-state index contributed by atoms with van der Waals surface area (Å²) in [6.45, 7) is 4.54. The first-order valence-electron chi connectivity index (χ1n) is 10.2. The van der Waals surface area contributed by atoms with Gasteiger partial charge in [-0.1, -0.05) is 11.2 Å². The van der Waals surface area contributed by atoms with Crippen LogP contribution in [-0.2, 0) is 17.6 Å². The van der Waals surface area contributed by atoms with Gasteiger partial charge in [-0.15, -0.1) is 0 Å². The number of hydrogen-bond acceptors (Lipinski definition) is 5. The van der Waals surface area contributed by atoms with Crippen molar-refractivity contribution in [3.05, 3.63) is 41.0 Å². The zero-order valence-electron chi connectivity index (χ0n) is 16.2. The van der Waals surface area contributed by atoms with Crippen LogP contribution in [0, 0.1) is 12.3 Å². The number of hydrogen-bond donors (Lipinski definition) is 1. The van der Waals surface area contributed by atoms with Gasteiger partial charge in [0.2, 0.25) is 5.89 Å². The van der Waals surface area contributed by atoms with Gasteiger partial charge in [-0.25, -0.2) is 4.79 Å². The Morgan fingerprint density at radius 1 is 1.25 bits per heavy atom. The highest BCUT2D eigenvalue weighted by Crippen LogP contribution is 2.49. The van der Waals surface area contributed by atoms with Crippen LogP contribution in [0.15, 0.2) is 22.7 Å². The molecule has 1 spiro atoms. The summed E-state index contributed by atoms with van der Waals surface area (Å²) >= 11 is 0. The summed E-state index contributed by atoms with van der Waals surface area (Å²) in [5.74, 6) is 1.34. The van der Waals surface area contributed by atoms with E-state index in [1.165, 1.54) is 17.5 Å². The molecule has 1 atom stereocenters. The second-order valence-corrected chi connectivity index (χ2v) is 8.35. The van der Waals surface area contributed by atoms with E-state index >= 15 is 0 Å². The summed E-state index contributed by atoms with van der Waals surface area (Å²) in [5.41, 5.74) is 3.60. The number of carbonyl (C=O) groups excluding carboxylic acids is 1. The molecule has 28 heavy (non-hydrogen) atoms. The molecule has 1 aromatic carbocycles. The first kappa shape index (κ1) is 17.7. The van der Waals surface area contributed by atoms with E-state index in [1.54, 1.807) is 0 Å². The molecule has 1 aliphatic carbocycles. The van der Waals surface area contributed by atoms with Crippen LogP contribution < -0.4 is 5.32 Å². The Hall–Kier alpha value is -2.41. The van der Waals surface area contributed by atoms with E-state index in [0.717, 1.165) is 31.4 Å². The molecule has 0 saturated carbocycles. The molecule has 2 fully saturated rings. The third kappa shape index (κ3) is 3.07. The second-order valence-electron chi connectivity index (χ2n) is 8.35. The number of rotatable bonds is 2. The SMILES string of the molecule is Cc1noc([C@H]2CN(C(=O)Nc3ccc4c(c3)CCC4)CC23CCOCC3)n1. The first-order chi connectivity index (χ1) is 13.6. The lowest BCUT2D eigenvalue weighted by Crippen LogP contribution is -2.38. The van der Waals surface area contributed by atoms with E-state index in [4.69, 9.17) is 9.26 Å². The van der Waals surface area contributed by atoms with Crippen molar-refractivity contribution in [2.75, 3.05) is 31.6 Å². The minimum Gasteiger partial charge on any atom is -0.381 e. The Morgan fingerprint density at radius 3 is 2.86 bits per heavy atom. The molecule has 7 heteroatoms. The van der Waals surface area contributed by atoms with Gasteiger partial charge in [0.15, 0.2) is 5.82 Å². The quantitative estimate of drug-likeness (QED) is 0.862. The largest absolute Gasteiger partial charge is 0.381 e. The molecule has 5 rings (SSSR count). The molecule has 0 radical (unpaired) electrons. The van der Waals surface area contributed by atoms with Crippen LogP contribution in [0.4, 0.5) is 10.5 Å². The number of nitrogens with one attached hydrogen (secondary N) is 1. The Kier molecular flexibility index (Phi) is 4.34. The first-order valence-corrected chi connectivity index (χ1v) is 10.2. The molecule has 2 aliphatic heterocycles. The van der Waals surface area contributed by atoms with Crippen LogP contribution >= 0.6 is 0 Å². The molecular formula is C21H26N4O3. The highest BCUT2D eigenvalue weighted by Gasteiger charge is 2.51. The maximum Gasteiger partial charge on any atom is 0.321 e. The van der Waals surface area contributed by atoms with Crippen molar-refractivity contribution in [3.8, 4) is 0 Å². The average Bonchev–Trinajstić information content (AvgIpc) is 3.41. The summed E-state index contributed by atoms with van der Waals surface area (Å²) in [5, 5.41) is 7.08. The van der Waals surface area contributed by atoms with Crippen molar-refractivity contribution in [2.45, 2.75) is 44.9 Å². The third-order valence-electron chi connectivity index (χ3n) is 6.61. The molecular weight excluding hydrogens is 356 g/mol. The van der Waals surface area contributed by atoms with E-state index in [0.29, 0.717) is 38.0 Å². The van der Waals surface area contributed by atoms with Crippen LogP contribution in [0.2, 0.25) is 0 Å². The molecule has 0 bridgehead atoms. The van der Waals surface area contributed by atoms with Crippen LogP contribution in [0.1, 0.15) is 48.0 Å². The maximum absolute atomic E-state index is 13.0. The van der Waals surface area contributed by atoms with Crippen LogP contribution in [0.3, 0.4) is 0 Å². The summed E-state index contributed by atoms with van der Waals surface area (Å²) in [4.78, 5) is 19.4. The van der Waals surface area contributed by atoms with Crippen molar-refractivity contribution in [1.29, 1.82) is 0 Å². The van der Waals surface area contributed by atoms with Gasteiger partial charge in [0, 0.05) is 37.4 Å². The predicted octanol–water partition coefficient (Wildman–Crippen LogP) is 3.29. The molecule has 1 N–H and O–H groups in total. The highest BCUT2D eigenvalue weighted by molar-refractivity contribution is 5.89. The van der Waals surface area contributed by atoms with Gasteiger partial charge in [0.05, 0.1) is 5.92 Å². The van der Waals surface area contributed by atoms with Gasteiger partial charge >= 0.3 is 6.03 Å². The van der Waals surface area contributed by atoms with Gasteiger partial charge < -0.3 is 19.5 Å². The van der Waals surface area contributed by atoms with Gasteiger partial charge in [-0.3, -0.25) is 0 Å². The topological polar surface area (TPSA) is 80.5 Å². The number of nitrogens with zero attached hydrogens (tertiary/aromatic N) is 3. The summed E-state index contributed by atoms with van der Waals surface area (Å²) < 4.78 is 11.1. The molecule has 148 valence electrons. The number of urea groups is 1. The van der Waals surface area contributed by atoms with Crippen molar-refractivity contribution >= 4 is 11.7 Å². The Balaban J connectivity index is 1.36. The zero-order chi connectivity index (χ0) is 19.1. The molecule has 2 amide bonds. The minimum atomic E-state index is -0.0532. The monoisotopic (exact) mass is 382 g/mol. The molecule has 2 aromatic rings. The maximum atomic E-state index is 13.0. The fourth-order valence-corrected chi connectivity index (χ4v) is 5.05. The predicted molar refractivity (Wildman–Crippen MR) is 103 cm³/mol. The van der Waals surface area contributed by atoms with Crippen molar-refractivity contribution in [3.63, 3.8) is 0 Å². The minimum absolute atomic E-state index is 0.0491. The molecule has 7 nitrogen and oxygen atoms in total. The lowest BCUT2D eigenvalue weighted by molar-refractivity contribution is 0.00959. The zero-order valence-corrected chi connectivity index (χ0v) is 16.2. The second kappa shape index (κ2) is 6.88. The summed E-state index contributed by atoms with van der Waals surface area (Å²) in [7, 11) is 0. The number of carbonyl (C=O) groups is 1. The van der Waals surface area contributed by atoms with Gasteiger partial charge in [0.1, 0.15) is 0 Å². The van der Waals surface area contributed by atoms with E-state index < -0.39 is 0 Å². The number of likely N-dealkylation sites (tertiary alicyclic amines) is 1. The van der Waals surface area contributed by atoms with Crippen molar-refractivity contribution in [1.82, 2.24) is 15.0 Å². The van der Waals surface area contributed by atoms with Crippen LogP contribution in [-0.4, -0.2) is 47.4 Å². The van der Waals surface area contributed by atoms with E-state index in [9.17, 15) is 4.79 Å². The number of aromatic nitrogens is 2. The lowest BCUT2D eigenvalue weighted by Gasteiger charge is -2.36. The summed E-state index contributed by atoms with van der Waals surface area (Å²) in [6, 6.07) is 6.23. The standard InChI is InChI=1S/C21H26N4O3/c1-14-22-19(28-24-14)18-12-25(13-21(18)7-9-27-10-8-21)20(26)23-17-6-5-15-3-2-4-16(15)11-17/h5-6,11,18H,2-4,7-10,12-13H2,1H3,(H,23,26)/t18-/m1/s1. The van der Waals surface area contributed by atoms with Crippen LogP contribution in [0.25, 0.3) is 0 Å². The molecule has 3 aliphatic rings.